The van der Waals surface area contributed by atoms with Crippen LogP contribution in [0.3, 0.4) is 0 Å². The molecule has 8 heteroatoms. The second-order valence-electron chi connectivity index (χ2n) is 3.62. The number of nitrogens with one attached hydrogen (secondary N) is 1. The van der Waals surface area contributed by atoms with Gasteiger partial charge in [0.05, 0.1) is 11.7 Å². The van der Waals surface area contributed by atoms with Crippen LogP contribution in [0.1, 0.15) is 17.3 Å². The van der Waals surface area contributed by atoms with Crippen LogP contribution in [0.5, 0.6) is 0 Å². The molecule has 1 aromatic heterocycles. The van der Waals surface area contributed by atoms with Gasteiger partial charge in [0, 0.05) is 17.1 Å². The molecule has 0 fully saturated rings. The third kappa shape index (κ3) is 2.33. The fourth-order valence-corrected chi connectivity index (χ4v) is 2.86. The highest BCUT2D eigenvalue weighted by atomic mass is 79.9. The van der Waals surface area contributed by atoms with Crippen LogP contribution in [-0.4, -0.2) is 15.0 Å². The lowest BCUT2D eigenvalue weighted by Crippen LogP contribution is -2.31. The SMILES string of the molecule is Cn1nnc(Br)c1C(NN)c1c(F)cccc1Br. The highest BCUT2D eigenvalue weighted by molar-refractivity contribution is 9.10. The maximum absolute atomic E-state index is 14.0. The number of rotatable bonds is 3. The van der Waals surface area contributed by atoms with Gasteiger partial charge >= 0.3 is 0 Å². The molecule has 0 aliphatic heterocycles. The largest absolute Gasteiger partial charge is 0.271 e. The minimum Gasteiger partial charge on any atom is -0.271 e. The van der Waals surface area contributed by atoms with E-state index in [1.54, 1.807) is 19.2 Å². The van der Waals surface area contributed by atoms with Crippen molar-refractivity contribution in [3.63, 3.8) is 0 Å². The predicted octanol–water partition coefficient (Wildman–Crippen LogP) is 2.03. The summed E-state index contributed by atoms with van der Waals surface area (Å²) in [5, 5.41) is 7.72. The summed E-state index contributed by atoms with van der Waals surface area (Å²) >= 11 is 6.60. The number of hydrogen-bond donors (Lipinski definition) is 2. The molecule has 0 spiro atoms. The Labute approximate surface area is 120 Å². The van der Waals surface area contributed by atoms with E-state index in [1.165, 1.54) is 10.7 Å². The highest BCUT2D eigenvalue weighted by Gasteiger charge is 2.25. The summed E-state index contributed by atoms with van der Waals surface area (Å²) in [6.07, 6.45) is 0. The Morgan fingerprint density at radius 1 is 1.44 bits per heavy atom. The molecule has 0 aliphatic rings. The molecule has 0 saturated carbocycles. The second kappa shape index (κ2) is 5.43. The van der Waals surface area contributed by atoms with E-state index >= 15 is 0 Å². The summed E-state index contributed by atoms with van der Waals surface area (Å²) in [4.78, 5) is 0. The van der Waals surface area contributed by atoms with Crippen LogP contribution in [0, 0.1) is 5.82 Å². The van der Waals surface area contributed by atoms with Crippen molar-refractivity contribution < 1.29 is 4.39 Å². The molecular formula is C10H10Br2FN5. The number of halogens is 3. The number of hydrazine groups is 1. The summed E-state index contributed by atoms with van der Waals surface area (Å²) in [6, 6.07) is 4.19. The van der Waals surface area contributed by atoms with Crippen molar-refractivity contribution in [1.29, 1.82) is 0 Å². The molecule has 1 unspecified atom stereocenters. The Balaban J connectivity index is 2.59. The van der Waals surface area contributed by atoms with Gasteiger partial charge < -0.3 is 0 Å². The Morgan fingerprint density at radius 3 is 2.67 bits per heavy atom. The molecule has 1 aromatic carbocycles. The van der Waals surface area contributed by atoms with Crippen molar-refractivity contribution in [3.8, 4) is 0 Å². The number of hydrogen-bond acceptors (Lipinski definition) is 4. The zero-order valence-electron chi connectivity index (χ0n) is 9.36. The van der Waals surface area contributed by atoms with Gasteiger partial charge in [-0.1, -0.05) is 27.2 Å². The molecule has 96 valence electrons. The van der Waals surface area contributed by atoms with Gasteiger partial charge in [0.15, 0.2) is 4.60 Å². The van der Waals surface area contributed by atoms with Crippen LogP contribution in [0.15, 0.2) is 27.3 Å². The lowest BCUT2D eigenvalue weighted by Gasteiger charge is -2.18. The van der Waals surface area contributed by atoms with Gasteiger partial charge in [0.25, 0.3) is 0 Å². The molecule has 18 heavy (non-hydrogen) atoms. The van der Waals surface area contributed by atoms with Crippen LogP contribution in [0.25, 0.3) is 0 Å². The Hall–Kier alpha value is -0.830. The molecule has 1 atom stereocenters. The molecular weight excluding hydrogens is 369 g/mol. The fourth-order valence-electron chi connectivity index (χ4n) is 1.73. The lowest BCUT2D eigenvalue weighted by atomic mass is 10.0. The van der Waals surface area contributed by atoms with Gasteiger partial charge in [-0.05, 0) is 28.1 Å². The number of nitrogens with zero attached hydrogens (tertiary/aromatic N) is 3. The van der Waals surface area contributed by atoms with Gasteiger partial charge in [-0.2, -0.15) is 0 Å². The molecule has 3 N–H and O–H groups in total. The standard InChI is InChI=1S/C10H10Br2FN5/c1-18-9(10(12)16-17-18)8(15-14)7-5(11)3-2-4-6(7)13/h2-4,8,15H,14H2,1H3. The first-order valence-corrected chi connectivity index (χ1v) is 6.60. The van der Waals surface area contributed by atoms with Crippen molar-refractivity contribution >= 4 is 31.9 Å². The van der Waals surface area contributed by atoms with Crippen LogP contribution in [0.4, 0.5) is 4.39 Å². The molecule has 0 amide bonds. The quantitative estimate of drug-likeness (QED) is 0.633. The van der Waals surface area contributed by atoms with E-state index in [9.17, 15) is 4.39 Å². The Kier molecular flexibility index (Phi) is 4.10. The maximum atomic E-state index is 14.0. The van der Waals surface area contributed by atoms with Gasteiger partial charge in [-0.25, -0.2) is 14.5 Å². The third-order valence-electron chi connectivity index (χ3n) is 2.56. The first-order chi connectivity index (χ1) is 8.56. The van der Waals surface area contributed by atoms with Crippen LogP contribution in [-0.2, 0) is 7.05 Å². The summed E-state index contributed by atoms with van der Waals surface area (Å²) in [5.74, 6) is 5.18. The van der Waals surface area contributed by atoms with Gasteiger partial charge in [-0.15, -0.1) is 5.10 Å². The Bertz CT molecular complexity index is 532. The van der Waals surface area contributed by atoms with Crippen LogP contribution < -0.4 is 11.3 Å². The molecule has 2 aromatic rings. The van der Waals surface area contributed by atoms with E-state index in [4.69, 9.17) is 5.84 Å². The topological polar surface area (TPSA) is 68.8 Å². The molecule has 0 aliphatic carbocycles. The molecule has 0 radical (unpaired) electrons. The van der Waals surface area contributed by atoms with E-state index in [1.807, 2.05) is 0 Å². The van der Waals surface area contributed by atoms with E-state index in [0.717, 1.165) is 0 Å². The smallest absolute Gasteiger partial charge is 0.153 e. The van der Waals surface area contributed by atoms with Crippen molar-refractivity contribution in [2.45, 2.75) is 6.04 Å². The highest BCUT2D eigenvalue weighted by Crippen LogP contribution is 2.32. The normalized spacial score (nSPS) is 12.7. The average Bonchev–Trinajstić information content (AvgIpc) is 2.65. The van der Waals surface area contributed by atoms with E-state index in [-0.39, 0.29) is 5.82 Å². The van der Waals surface area contributed by atoms with Crippen molar-refractivity contribution in [3.05, 3.63) is 44.3 Å². The zero-order valence-corrected chi connectivity index (χ0v) is 12.5. The number of benzene rings is 1. The van der Waals surface area contributed by atoms with Gasteiger partial charge in [0.1, 0.15) is 5.82 Å². The minimum atomic E-state index is -0.560. The van der Waals surface area contributed by atoms with Crippen molar-refractivity contribution in [2.24, 2.45) is 12.9 Å². The van der Waals surface area contributed by atoms with Crippen molar-refractivity contribution in [1.82, 2.24) is 20.4 Å². The first-order valence-electron chi connectivity index (χ1n) is 5.01. The molecule has 5 nitrogen and oxygen atoms in total. The summed E-state index contributed by atoms with van der Waals surface area (Å²) in [7, 11) is 1.71. The van der Waals surface area contributed by atoms with Crippen LogP contribution >= 0.6 is 31.9 Å². The monoisotopic (exact) mass is 377 g/mol. The Morgan fingerprint density at radius 2 is 2.17 bits per heavy atom. The summed E-state index contributed by atoms with van der Waals surface area (Å²) < 4.78 is 16.6. The van der Waals surface area contributed by atoms with E-state index in [0.29, 0.717) is 20.3 Å². The summed E-state index contributed by atoms with van der Waals surface area (Å²) in [6.45, 7) is 0. The van der Waals surface area contributed by atoms with E-state index < -0.39 is 6.04 Å². The lowest BCUT2D eigenvalue weighted by molar-refractivity contribution is 0.528. The zero-order chi connectivity index (χ0) is 13.3. The number of aryl methyl sites for hydroxylation is 1. The molecule has 0 bridgehead atoms. The van der Waals surface area contributed by atoms with Crippen LogP contribution in [0.2, 0.25) is 0 Å². The van der Waals surface area contributed by atoms with E-state index in [2.05, 4.69) is 47.6 Å². The molecule has 0 saturated heterocycles. The fraction of sp³-hybridized carbons (Fsp3) is 0.200. The average molecular weight is 379 g/mol. The second-order valence-corrected chi connectivity index (χ2v) is 5.23. The number of nitrogens with two attached hydrogens (primary N) is 1. The third-order valence-corrected chi connectivity index (χ3v) is 3.81. The van der Waals surface area contributed by atoms with Gasteiger partial charge in [0.2, 0.25) is 0 Å². The molecule has 2 rings (SSSR count). The molecule has 1 heterocycles. The van der Waals surface area contributed by atoms with Crippen molar-refractivity contribution in [2.75, 3.05) is 0 Å². The minimum absolute atomic E-state index is 0.361. The first kappa shape index (κ1) is 13.6. The maximum Gasteiger partial charge on any atom is 0.153 e. The van der Waals surface area contributed by atoms with Gasteiger partial charge in [-0.3, -0.25) is 5.84 Å². The number of aromatic nitrogens is 3. The predicted molar refractivity (Wildman–Crippen MR) is 72.0 cm³/mol. The summed E-state index contributed by atoms with van der Waals surface area (Å²) in [5.41, 5.74) is 3.63.